The van der Waals surface area contributed by atoms with Gasteiger partial charge in [0, 0.05) is 51.4 Å². The first kappa shape index (κ1) is 42.1. The van der Waals surface area contributed by atoms with Crippen LogP contribution < -0.4 is 10.6 Å². The molecule has 0 spiro atoms. The predicted molar refractivity (Wildman–Crippen MR) is 192 cm³/mol. The molecule has 49 heavy (non-hydrogen) atoms. The average molecular weight is 705 g/mol. The Labute approximate surface area is 294 Å². The number of fused-ring (bicyclic) bond motifs is 1. The van der Waals surface area contributed by atoms with Crippen LogP contribution in [-0.2, 0) is 29.2 Å². The number of rotatable bonds is 16. The minimum absolute atomic E-state index is 0.0115. The first-order valence-corrected chi connectivity index (χ1v) is 19.1. The molecule has 276 valence electrons. The molecule has 1 saturated heterocycles. The van der Waals surface area contributed by atoms with Crippen LogP contribution >= 0.6 is 0 Å². The van der Waals surface area contributed by atoms with Gasteiger partial charge in [0.2, 0.25) is 21.7 Å². The standard InChI is InChI=1S/C37H60N4O7S/c1-13-15-17-24(31(44)27(42)18-16-14-2)21-28(43)30-25-19-20-37(9,10)26(25)22-41(30)33(45)32(36(6,7)8)39-34(46)38-29(35(3,4)5)23-40(11)49(12,47)48/h1,14,24-26,29-30,32H,2,15-23H2,3-12H3,(H2,38,39,46)/t24?,25-,26-,29+,30-,32+/m0/s1. The van der Waals surface area contributed by atoms with Gasteiger partial charge in [0.05, 0.1) is 12.3 Å². The van der Waals surface area contributed by atoms with Crippen molar-refractivity contribution < 1.29 is 32.4 Å². The third kappa shape index (κ3) is 11.0. The number of urea groups is 1. The van der Waals surface area contributed by atoms with Crippen molar-refractivity contribution in [3.8, 4) is 12.3 Å². The molecule has 1 aliphatic heterocycles. The van der Waals surface area contributed by atoms with Gasteiger partial charge in [-0.15, -0.1) is 18.9 Å². The van der Waals surface area contributed by atoms with Crippen molar-refractivity contribution in [2.75, 3.05) is 26.4 Å². The number of carbonyl (C=O) groups excluding carboxylic acids is 5. The zero-order chi connectivity index (χ0) is 37.7. The minimum Gasteiger partial charge on any atom is -0.334 e. The molecular weight excluding hydrogens is 644 g/mol. The van der Waals surface area contributed by atoms with Gasteiger partial charge in [-0.3, -0.25) is 19.2 Å². The number of carbonyl (C=O) groups is 5. The van der Waals surface area contributed by atoms with E-state index in [1.54, 1.807) is 11.0 Å². The summed E-state index contributed by atoms with van der Waals surface area (Å²) in [6.07, 6.45) is 10.3. The third-order valence-electron chi connectivity index (χ3n) is 10.4. The number of likely N-dealkylation sites (tertiary alicyclic amines) is 1. The van der Waals surface area contributed by atoms with Gasteiger partial charge < -0.3 is 15.5 Å². The molecule has 2 fully saturated rings. The van der Waals surface area contributed by atoms with Crippen LogP contribution in [0.25, 0.3) is 0 Å². The highest BCUT2D eigenvalue weighted by Crippen LogP contribution is 2.53. The molecule has 2 rings (SSSR count). The Morgan fingerprint density at radius 1 is 1.08 bits per heavy atom. The van der Waals surface area contributed by atoms with Crippen molar-refractivity contribution in [2.24, 2.45) is 34.0 Å². The molecule has 0 bridgehead atoms. The van der Waals surface area contributed by atoms with E-state index in [1.165, 1.54) is 11.4 Å². The highest BCUT2D eigenvalue weighted by molar-refractivity contribution is 7.88. The van der Waals surface area contributed by atoms with Crippen LogP contribution in [0, 0.1) is 46.3 Å². The zero-order valence-electron chi connectivity index (χ0n) is 31.4. The maximum atomic E-state index is 14.6. The van der Waals surface area contributed by atoms with Gasteiger partial charge in [0.1, 0.15) is 6.04 Å². The number of ketones is 3. The molecule has 1 aliphatic carbocycles. The molecule has 3 amide bonds. The lowest BCUT2D eigenvalue weighted by atomic mass is 9.78. The second-order valence-electron chi connectivity index (χ2n) is 16.8. The molecular formula is C37H60N4O7S. The second-order valence-corrected chi connectivity index (χ2v) is 18.9. The Hall–Kier alpha value is -3.04. The van der Waals surface area contributed by atoms with Crippen molar-refractivity contribution >= 4 is 39.3 Å². The second kappa shape index (κ2) is 16.3. The number of terminal acetylenes is 1. The molecule has 0 aromatic rings. The van der Waals surface area contributed by atoms with Gasteiger partial charge in [-0.2, -0.15) is 0 Å². The topological polar surface area (TPSA) is 150 Å². The molecule has 2 N–H and O–H groups in total. The smallest absolute Gasteiger partial charge is 0.315 e. The molecule has 11 nitrogen and oxygen atoms in total. The lowest BCUT2D eigenvalue weighted by molar-refractivity contribution is -0.144. The lowest BCUT2D eigenvalue weighted by Gasteiger charge is -2.38. The molecule has 2 aliphatic rings. The van der Waals surface area contributed by atoms with Gasteiger partial charge in [-0.05, 0) is 53.8 Å². The van der Waals surface area contributed by atoms with E-state index in [-0.39, 0.29) is 55.3 Å². The highest BCUT2D eigenvalue weighted by Gasteiger charge is 2.57. The summed E-state index contributed by atoms with van der Waals surface area (Å²) in [6, 6.07) is -3.06. The fourth-order valence-electron chi connectivity index (χ4n) is 7.07. The molecule has 12 heteroatoms. The Morgan fingerprint density at radius 2 is 1.69 bits per heavy atom. The fraction of sp³-hybridized carbons (Fsp3) is 0.757. The molecule has 0 aromatic carbocycles. The summed E-state index contributed by atoms with van der Waals surface area (Å²) in [5.74, 6) is -0.330. The summed E-state index contributed by atoms with van der Waals surface area (Å²) in [5, 5.41) is 5.76. The monoisotopic (exact) mass is 704 g/mol. The summed E-state index contributed by atoms with van der Waals surface area (Å²) in [5.41, 5.74) is -1.42. The maximum Gasteiger partial charge on any atom is 0.315 e. The van der Waals surface area contributed by atoms with E-state index in [4.69, 9.17) is 6.42 Å². The van der Waals surface area contributed by atoms with Crippen LogP contribution in [0.4, 0.5) is 4.79 Å². The number of sulfonamides is 1. The van der Waals surface area contributed by atoms with Crippen LogP contribution in [0.3, 0.4) is 0 Å². The van der Waals surface area contributed by atoms with Crippen LogP contribution in [0.15, 0.2) is 12.7 Å². The number of nitrogens with one attached hydrogen (secondary N) is 2. The summed E-state index contributed by atoms with van der Waals surface area (Å²) in [4.78, 5) is 69.9. The predicted octanol–water partition coefficient (Wildman–Crippen LogP) is 4.36. The van der Waals surface area contributed by atoms with Crippen molar-refractivity contribution in [2.45, 2.75) is 118 Å². The Balaban J connectivity index is 2.44. The molecule has 6 atom stereocenters. The number of Topliss-reactive ketones (excluding diaryl/α,β-unsaturated/α-hetero) is 3. The average Bonchev–Trinajstić information content (AvgIpc) is 3.50. The highest BCUT2D eigenvalue weighted by atomic mass is 32.2. The number of allylic oxidation sites excluding steroid dienone is 1. The first-order valence-electron chi connectivity index (χ1n) is 17.3. The van der Waals surface area contributed by atoms with E-state index in [9.17, 15) is 32.4 Å². The Morgan fingerprint density at radius 3 is 2.20 bits per heavy atom. The van der Waals surface area contributed by atoms with Gasteiger partial charge in [-0.1, -0.05) is 61.5 Å². The van der Waals surface area contributed by atoms with E-state index in [1.807, 2.05) is 41.5 Å². The molecule has 1 saturated carbocycles. The van der Waals surface area contributed by atoms with E-state index in [0.717, 1.165) is 19.1 Å². The van der Waals surface area contributed by atoms with Crippen molar-refractivity contribution in [3.05, 3.63) is 12.7 Å². The van der Waals surface area contributed by atoms with Crippen LogP contribution in [0.5, 0.6) is 0 Å². The van der Waals surface area contributed by atoms with E-state index in [0.29, 0.717) is 13.0 Å². The van der Waals surface area contributed by atoms with Crippen LogP contribution in [0.2, 0.25) is 0 Å². The minimum atomic E-state index is -3.51. The van der Waals surface area contributed by atoms with Crippen molar-refractivity contribution in [1.29, 1.82) is 0 Å². The Bertz CT molecular complexity index is 1420. The van der Waals surface area contributed by atoms with Crippen LogP contribution in [0.1, 0.15) is 100 Å². The quantitative estimate of drug-likeness (QED) is 0.138. The molecule has 0 radical (unpaired) electrons. The molecule has 1 unspecified atom stereocenters. The molecule has 0 aromatic heterocycles. The fourth-order valence-corrected chi connectivity index (χ4v) is 7.49. The van der Waals surface area contributed by atoms with E-state index in [2.05, 4.69) is 37.0 Å². The molecule has 1 heterocycles. The number of likely N-dealkylation sites (N-methyl/N-ethyl adjacent to an activating group) is 1. The van der Waals surface area contributed by atoms with Gasteiger partial charge in [-0.25, -0.2) is 17.5 Å². The van der Waals surface area contributed by atoms with Gasteiger partial charge in [0.25, 0.3) is 0 Å². The SMILES string of the molecule is C#CCCC(CC(=O)[C@@H]1[C@H]2CCC(C)(C)[C@H]2CN1C(=O)[C@@H](NC(=O)N[C@H](CN(C)S(C)(=O)=O)C(C)(C)C)C(C)(C)C)C(=O)C(=O)CCC=C. The Kier molecular flexibility index (Phi) is 14.0. The van der Waals surface area contributed by atoms with E-state index >= 15 is 0 Å². The summed E-state index contributed by atoms with van der Waals surface area (Å²) in [6.45, 7) is 19.4. The van der Waals surface area contributed by atoms with Crippen LogP contribution in [-0.4, -0.2) is 91.4 Å². The first-order chi connectivity index (χ1) is 22.4. The largest absolute Gasteiger partial charge is 0.334 e. The number of hydrogen-bond acceptors (Lipinski definition) is 7. The lowest BCUT2D eigenvalue weighted by Crippen LogP contribution is -2.61. The summed E-state index contributed by atoms with van der Waals surface area (Å²) >= 11 is 0. The number of hydrogen-bond donors (Lipinski definition) is 2. The maximum absolute atomic E-state index is 14.6. The number of amides is 3. The van der Waals surface area contributed by atoms with E-state index < -0.39 is 68.4 Å². The van der Waals surface area contributed by atoms with Crippen molar-refractivity contribution in [1.82, 2.24) is 19.8 Å². The normalized spacial score (nSPS) is 22.4. The summed E-state index contributed by atoms with van der Waals surface area (Å²) < 4.78 is 25.5. The van der Waals surface area contributed by atoms with Gasteiger partial charge >= 0.3 is 6.03 Å². The third-order valence-corrected chi connectivity index (χ3v) is 11.7. The zero-order valence-corrected chi connectivity index (χ0v) is 32.2. The van der Waals surface area contributed by atoms with Crippen molar-refractivity contribution in [3.63, 3.8) is 0 Å². The van der Waals surface area contributed by atoms with Gasteiger partial charge in [0.15, 0.2) is 11.6 Å². The summed E-state index contributed by atoms with van der Waals surface area (Å²) in [7, 11) is -2.07. The number of nitrogens with zero attached hydrogens (tertiary/aromatic N) is 2.